The van der Waals surface area contributed by atoms with Gasteiger partial charge in [0.15, 0.2) is 0 Å². The van der Waals surface area contributed by atoms with Crippen molar-refractivity contribution in [1.29, 1.82) is 5.41 Å². The van der Waals surface area contributed by atoms with Gasteiger partial charge in [-0.15, -0.1) is 0 Å². The van der Waals surface area contributed by atoms with Crippen molar-refractivity contribution in [2.24, 2.45) is 17.8 Å². The molecule has 0 saturated heterocycles. The minimum atomic E-state index is -1.56. The molecule has 0 radical (unpaired) electrons. The van der Waals surface area contributed by atoms with Crippen LogP contribution in [0.15, 0.2) is 22.9 Å². The number of hydrogen-bond acceptors (Lipinski definition) is 5. The van der Waals surface area contributed by atoms with Crippen molar-refractivity contribution in [3.63, 3.8) is 0 Å². The van der Waals surface area contributed by atoms with Gasteiger partial charge in [0.25, 0.3) is 5.91 Å². The van der Waals surface area contributed by atoms with Gasteiger partial charge in [0.1, 0.15) is 18.2 Å². The Morgan fingerprint density at radius 3 is 2.72 bits per heavy atom. The largest absolute Gasteiger partial charge is 0.491 e. The van der Waals surface area contributed by atoms with Crippen LogP contribution in [-0.2, 0) is 9.53 Å². The van der Waals surface area contributed by atoms with Gasteiger partial charge >= 0.3 is 0 Å². The first kappa shape index (κ1) is 25.6. The Morgan fingerprint density at radius 2 is 2.12 bits per heavy atom. The molecule has 3 rings (SSSR count). The summed E-state index contributed by atoms with van der Waals surface area (Å²) < 4.78 is 17.6. The highest BCUT2D eigenvalue weighted by atomic mass is 127. The quantitative estimate of drug-likeness (QED) is 0.171. The zero-order valence-electron chi connectivity index (χ0n) is 17.6. The number of allylic oxidation sites excluding steroid dienone is 2. The smallest absolute Gasteiger partial charge is 0.251 e. The number of carbonyl (C=O) groups is 2. The third-order valence-electron chi connectivity index (χ3n) is 5.27. The minimum Gasteiger partial charge on any atom is -0.491 e. The fourth-order valence-corrected chi connectivity index (χ4v) is 4.09. The van der Waals surface area contributed by atoms with Crippen LogP contribution in [0.25, 0.3) is 0 Å². The third kappa shape index (κ3) is 7.24. The fourth-order valence-electron chi connectivity index (χ4n) is 3.41. The molecule has 1 aromatic rings. The number of aryl methyl sites for hydroxylation is 1. The summed E-state index contributed by atoms with van der Waals surface area (Å²) >= 11 is 9.47. The van der Waals surface area contributed by atoms with Crippen LogP contribution < -0.4 is 10.6 Å². The molecule has 2 aliphatic carbocycles. The standard InChI is InChI=1S/C21H24ClFI2N4O3/c1-10-5-13(7-15(27-10)29-16(30)6-12-3-4-12)20(31)28-11(2)14(8-26)17-18(22)19(17)32-9-21(23,24)25/h5,7-8,11-12,14,17,26H,3-4,6,9H2,1-2H3,(H,28,31)(H,27,29,30). The maximum Gasteiger partial charge on any atom is 0.251 e. The van der Waals surface area contributed by atoms with Crippen LogP contribution in [0.2, 0.25) is 0 Å². The molecule has 11 heteroatoms. The molecule has 3 N–H and O–H groups in total. The summed E-state index contributed by atoms with van der Waals surface area (Å²) in [7, 11) is 0. The summed E-state index contributed by atoms with van der Waals surface area (Å²) in [5.41, 5.74) is 0.962. The Morgan fingerprint density at radius 1 is 1.44 bits per heavy atom. The van der Waals surface area contributed by atoms with Crippen LogP contribution in [-0.4, -0.2) is 37.3 Å². The molecule has 2 aliphatic rings. The number of aromatic nitrogens is 1. The molecule has 174 valence electrons. The van der Waals surface area contributed by atoms with Gasteiger partial charge in [-0.2, -0.15) is 0 Å². The number of amides is 2. The Balaban J connectivity index is 1.60. The second-order valence-electron chi connectivity index (χ2n) is 8.18. The van der Waals surface area contributed by atoms with E-state index in [-0.39, 0.29) is 24.3 Å². The average molecular weight is 689 g/mol. The molecule has 7 nitrogen and oxygen atoms in total. The number of nitrogens with one attached hydrogen (secondary N) is 3. The van der Waals surface area contributed by atoms with Gasteiger partial charge in [0.05, 0.1) is 11.0 Å². The summed E-state index contributed by atoms with van der Waals surface area (Å²) in [5, 5.41) is 13.9. The molecule has 1 heterocycles. The van der Waals surface area contributed by atoms with Crippen LogP contribution in [0.1, 0.15) is 42.2 Å². The number of carbonyl (C=O) groups excluding carboxylic acids is 2. The van der Waals surface area contributed by atoms with E-state index in [0.29, 0.717) is 40.2 Å². The molecule has 0 bridgehead atoms. The first-order valence-electron chi connectivity index (χ1n) is 10.2. The number of hydrogen-bond donors (Lipinski definition) is 3. The lowest BCUT2D eigenvalue weighted by Crippen LogP contribution is -2.40. The van der Waals surface area contributed by atoms with Gasteiger partial charge in [-0.05, 0) is 89.9 Å². The number of halogens is 4. The van der Waals surface area contributed by atoms with Crippen molar-refractivity contribution >= 4 is 80.6 Å². The van der Waals surface area contributed by atoms with Crippen molar-refractivity contribution in [3.05, 3.63) is 34.2 Å². The molecule has 32 heavy (non-hydrogen) atoms. The lowest BCUT2D eigenvalue weighted by atomic mass is 9.95. The molecule has 0 spiro atoms. The zero-order chi connectivity index (χ0) is 23.6. The normalized spacial score (nSPS) is 19.8. The second kappa shape index (κ2) is 10.5. The Hall–Kier alpha value is -1.02. The van der Waals surface area contributed by atoms with Crippen LogP contribution >= 0.6 is 56.8 Å². The average Bonchev–Trinajstić information content (AvgIpc) is 3.59. The van der Waals surface area contributed by atoms with E-state index in [0.717, 1.165) is 12.8 Å². The van der Waals surface area contributed by atoms with Crippen LogP contribution in [0.4, 0.5) is 10.2 Å². The van der Waals surface area contributed by atoms with E-state index < -0.39 is 13.6 Å². The van der Waals surface area contributed by atoms with Crippen molar-refractivity contribution < 1.29 is 18.7 Å². The number of ether oxygens (including phenoxy) is 1. The Kier molecular flexibility index (Phi) is 8.40. The molecule has 0 aromatic carbocycles. The first-order valence-corrected chi connectivity index (χ1v) is 12.7. The van der Waals surface area contributed by atoms with Crippen molar-refractivity contribution in [1.82, 2.24) is 10.3 Å². The highest BCUT2D eigenvalue weighted by Gasteiger charge is 2.46. The summed E-state index contributed by atoms with van der Waals surface area (Å²) in [5.74, 6) is 0.00782. The molecule has 2 amide bonds. The monoisotopic (exact) mass is 688 g/mol. The lowest BCUT2D eigenvalue weighted by molar-refractivity contribution is -0.116. The molecule has 1 fully saturated rings. The Labute approximate surface area is 218 Å². The fraction of sp³-hybridized carbons (Fsp3) is 0.524. The van der Waals surface area contributed by atoms with Crippen molar-refractivity contribution in [3.8, 4) is 0 Å². The number of anilines is 1. The van der Waals surface area contributed by atoms with Gasteiger partial charge in [-0.25, -0.2) is 9.37 Å². The zero-order valence-corrected chi connectivity index (χ0v) is 22.6. The topological polar surface area (TPSA) is 104 Å². The molecule has 1 aromatic heterocycles. The van der Waals surface area contributed by atoms with Crippen LogP contribution in [0.5, 0.6) is 0 Å². The van der Waals surface area contributed by atoms with Gasteiger partial charge in [0.2, 0.25) is 7.59 Å². The van der Waals surface area contributed by atoms with Gasteiger partial charge in [-0.3, -0.25) is 9.59 Å². The predicted octanol–water partition coefficient (Wildman–Crippen LogP) is 5.10. The van der Waals surface area contributed by atoms with E-state index in [1.165, 1.54) is 12.3 Å². The summed E-state index contributed by atoms with van der Waals surface area (Å²) in [6, 6.07) is 2.74. The van der Waals surface area contributed by atoms with E-state index in [9.17, 15) is 14.0 Å². The number of nitrogens with zero attached hydrogens (tertiary/aromatic N) is 1. The number of pyridine rings is 1. The van der Waals surface area contributed by atoms with Crippen molar-refractivity contribution in [2.75, 3.05) is 11.9 Å². The minimum absolute atomic E-state index is 0.105. The van der Waals surface area contributed by atoms with Crippen molar-refractivity contribution in [2.45, 2.75) is 40.8 Å². The Bertz CT molecular complexity index is 949. The first-order chi connectivity index (χ1) is 15.0. The van der Waals surface area contributed by atoms with E-state index >= 15 is 0 Å². The van der Waals surface area contributed by atoms with E-state index in [2.05, 4.69) is 15.6 Å². The van der Waals surface area contributed by atoms with E-state index in [1.807, 2.05) is 0 Å². The highest BCUT2D eigenvalue weighted by Crippen LogP contribution is 2.49. The van der Waals surface area contributed by atoms with Gasteiger partial charge < -0.3 is 20.8 Å². The van der Waals surface area contributed by atoms with E-state index in [1.54, 1.807) is 65.1 Å². The molecular weight excluding hydrogens is 665 g/mol. The van der Waals surface area contributed by atoms with Gasteiger partial charge in [-0.1, -0.05) is 11.6 Å². The van der Waals surface area contributed by atoms with Gasteiger partial charge in [0, 0.05) is 35.9 Å². The summed E-state index contributed by atoms with van der Waals surface area (Å²) in [6.07, 6.45) is 3.83. The highest BCUT2D eigenvalue weighted by molar-refractivity contribution is 14.2. The predicted molar refractivity (Wildman–Crippen MR) is 138 cm³/mol. The molecule has 0 aliphatic heterocycles. The maximum absolute atomic E-state index is 13.7. The molecular formula is C21H24ClFI2N4O3. The SMILES string of the molecule is Cc1cc(C(=O)NC(C)C(C=N)C2C(Cl)=C2OCC(F)(I)I)cc(NC(=O)CC2CC2)n1. The van der Waals surface area contributed by atoms with Crippen LogP contribution in [0.3, 0.4) is 0 Å². The van der Waals surface area contributed by atoms with E-state index in [4.69, 9.17) is 21.7 Å². The summed E-state index contributed by atoms with van der Waals surface area (Å²) in [6.45, 7) is 3.36. The number of rotatable bonds is 11. The van der Waals surface area contributed by atoms with Crippen LogP contribution in [0, 0.1) is 30.1 Å². The summed E-state index contributed by atoms with van der Waals surface area (Å²) in [4.78, 5) is 29.2. The molecule has 1 saturated carbocycles. The second-order valence-corrected chi connectivity index (χ2v) is 14.1. The maximum atomic E-state index is 13.7. The number of alkyl halides is 3. The lowest BCUT2D eigenvalue weighted by Gasteiger charge is -2.22. The molecule has 3 unspecified atom stereocenters. The molecule has 3 atom stereocenters. The third-order valence-corrected chi connectivity index (χ3v) is 6.31.